The Labute approximate surface area is 186 Å². The van der Waals surface area contributed by atoms with Gasteiger partial charge in [-0.1, -0.05) is 50.6 Å². The number of benzene rings is 2. The normalized spacial score (nSPS) is 12.5. The van der Waals surface area contributed by atoms with Gasteiger partial charge in [-0.3, -0.25) is 9.59 Å². The molecule has 0 aliphatic carbocycles. The van der Waals surface area contributed by atoms with Crippen LogP contribution in [0.5, 0.6) is 11.6 Å². The quantitative estimate of drug-likeness (QED) is 0.520. The highest BCUT2D eigenvalue weighted by atomic mass is 19.1. The van der Waals surface area contributed by atoms with Crippen molar-refractivity contribution in [3.63, 3.8) is 0 Å². The van der Waals surface area contributed by atoms with Crippen molar-refractivity contribution < 1.29 is 18.7 Å². The lowest BCUT2D eigenvalue weighted by Crippen LogP contribution is -2.50. The molecule has 2 amide bonds. The summed E-state index contributed by atoms with van der Waals surface area (Å²) in [5, 5.41) is 5.71. The van der Waals surface area contributed by atoms with Crippen LogP contribution in [-0.4, -0.2) is 22.8 Å². The molecule has 0 bridgehead atoms. The highest BCUT2D eigenvalue weighted by Gasteiger charge is 2.26. The van der Waals surface area contributed by atoms with E-state index in [2.05, 4.69) is 15.6 Å². The molecule has 0 spiro atoms. The highest BCUT2D eigenvalue weighted by molar-refractivity contribution is 5.97. The molecule has 6 nitrogen and oxygen atoms in total. The molecule has 0 saturated heterocycles. The first kappa shape index (κ1) is 22.9. The minimum atomic E-state index is -0.656. The van der Waals surface area contributed by atoms with E-state index in [0.29, 0.717) is 17.2 Å². The van der Waals surface area contributed by atoms with E-state index in [1.165, 1.54) is 12.1 Å². The molecule has 32 heavy (non-hydrogen) atoms. The summed E-state index contributed by atoms with van der Waals surface area (Å²) in [5.74, 6) is -0.308. The van der Waals surface area contributed by atoms with Crippen molar-refractivity contribution in [1.82, 2.24) is 15.6 Å². The topological polar surface area (TPSA) is 80.3 Å². The minimum absolute atomic E-state index is 0.0390. The Morgan fingerprint density at radius 3 is 2.50 bits per heavy atom. The van der Waals surface area contributed by atoms with Gasteiger partial charge in [0.15, 0.2) is 0 Å². The van der Waals surface area contributed by atoms with Gasteiger partial charge in [0.1, 0.15) is 17.6 Å². The average molecular weight is 435 g/mol. The van der Waals surface area contributed by atoms with Crippen LogP contribution < -0.4 is 15.4 Å². The molecular formula is C25H26FN3O3. The first-order valence-corrected chi connectivity index (χ1v) is 10.5. The van der Waals surface area contributed by atoms with Gasteiger partial charge in [0.25, 0.3) is 5.91 Å². The summed E-state index contributed by atoms with van der Waals surface area (Å²) in [5.41, 5.74) is 1.27. The third-order valence-electron chi connectivity index (χ3n) is 5.10. The van der Waals surface area contributed by atoms with E-state index in [4.69, 9.17) is 4.74 Å². The lowest BCUT2D eigenvalue weighted by atomic mass is 9.97. The molecule has 0 aliphatic heterocycles. The van der Waals surface area contributed by atoms with Crippen LogP contribution in [0.4, 0.5) is 4.39 Å². The Hall–Kier alpha value is -3.74. The molecular weight excluding hydrogens is 409 g/mol. The summed E-state index contributed by atoms with van der Waals surface area (Å²) >= 11 is 0. The third-order valence-corrected chi connectivity index (χ3v) is 5.10. The zero-order chi connectivity index (χ0) is 22.9. The molecule has 1 heterocycles. The van der Waals surface area contributed by atoms with Gasteiger partial charge < -0.3 is 15.4 Å². The predicted octanol–water partition coefficient (Wildman–Crippen LogP) is 4.47. The number of pyridine rings is 1. The molecule has 3 aromatic rings. The molecule has 3 rings (SSSR count). The molecule has 0 fully saturated rings. The van der Waals surface area contributed by atoms with Gasteiger partial charge >= 0.3 is 0 Å². The molecule has 1 aromatic heterocycles. The number of carbonyl (C=O) groups is 2. The number of aromatic nitrogens is 1. The average Bonchev–Trinajstić information content (AvgIpc) is 2.82. The number of rotatable bonds is 9. The van der Waals surface area contributed by atoms with E-state index in [9.17, 15) is 14.0 Å². The van der Waals surface area contributed by atoms with E-state index in [1.807, 2.05) is 19.9 Å². The van der Waals surface area contributed by atoms with Crippen LogP contribution in [0.25, 0.3) is 0 Å². The smallest absolute Gasteiger partial charge is 0.251 e. The van der Waals surface area contributed by atoms with E-state index in [1.54, 1.807) is 54.7 Å². The van der Waals surface area contributed by atoms with Crippen LogP contribution in [-0.2, 0) is 11.3 Å². The van der Waals surface area contributed by atoms with Gasteiger partial charge in [0, 0.05) is 30.4 Å². The van der Waals surface area contributed by atoms with E-state index in [-0.39, 0.29) is 24.3 Å². The van der Waals surface area contributed by atoms with E-state index < -0.39 is 11.9 Å². The first-order valence-electron chi connectivity index (χ1n) is 10.5. The van der Waals surface area contributed by atoms with Crippen molar-refractivity contribution in [1.29, 1.82) is 0 Å². The molecule has 2 N–H and O–H groups in total. The molecule has 166 valence electrons. The second-order valence-corrected chi connectivity index (χ2v) is 7.48. The number of ether oxygens (including phenoxy) is 1. The molecule has 2 atom stereocenters. The second kappa shape index (κ2) is 11.0. The Morgan fingerprint density at radius 2 is 1.84 bits per heavy atom. The second-order valence-electron chi connectivity index (χ2n) is 7.48. The maximum atomic E-state index is 13.3. The number of halogens is 1. The summed E-state index contributed by atoms with van der Waals surface area (Å²) in [6, 6.07) is 17.4. The lowest BCUT2D eigenvalue weighted by Gasteiger charge is -2.23. The number of carbonyl (C=O) groups excluding carboxylic acids is 2. The Bertz CT molecular complexity index is 1040. The fourth-order valence-electron chi connectivity index (χ4n) is 3.04. The minimum Gasteiger partial charge on any atom is -0.439 e. The number of hydrogen-bond donors (Lipinski definition) is 2. The van der Waals surface area contributed by atoms with Gasteiger partial charge in [-0.15, -0.1) is 0 Å². The number of hydrogen-bond acceptors (Lipinski definition) is 4. The van der Waals surface area contributed by atoms with Crippen LogP contribution in [0.1, 0.15) is 36.2 Å². The van der Waals surface area contributed by atoms with Crippen LogP contribution in [0.15, 0.2) is 72.9 Å². The predicted molar refractivity (Wildman–Crippen MR) is 120 cm³/mol. The molecule has 0 aliphatic rings. The highest BCUT2D eigenvalue weighted by Crippen LogP contribution is 2.20. The van der Waals surface area contributed by atoms with Crippen LogP contribution in [0.2, 0.25) is 0 Å². The summed E-state index contributed by atoms with van der Waals surface area (Å²) < 4.78 is 18.8. The van der Waals surface area contributed by atoms with Crippen molar-refractivity contribution >= 4 is 11.8 Å². The summed E-state index contributed by atoms with van der Waals surface area (Å²) in [4.78, 5) is 29.5. The fraction of sp³-hybridized carbons (Fsp3) is 0.240. The van der Waals surface area contributed by atoms with Crippen LogP contribution in [0, 0.1) is 11.7 Å². The summed E-state index contributed by atoms with van der Waals surface area (Å²) in [6.07, 6.45) is 2.32. The molecule has 0 saturated carbocycles. The standard InChI is InChI=1S/C25H26FN3O3/c1-3-17(2)23(29-24(30)19-8-5-4-6-9-19)25(31)28-16-18-12-13-22(27-15-18)32-21-11-7-10-20(26)14-21/h4-15,17,23H,3,16H2,1-2H3,(H,28,31)(H,29,30). The van der Waals surface area contributed by atoms with Gasteiger partial charge in [-0.05, 0) is 35.7 Å². The molecule has 2 unspecified atom stereocenters. The maximum Gasteiger partial charge on any atom is 0.251 e. The summed E-state index contributed by atoms with van der Waals surface area (Å²) in [6.45, 7) is 4.15. The van der Waals surface area contributed by atoms with E-state index in [0.717, 1.165) is 12.0 Å². The van der Waals surface area contributed by atoms with Crippen molar-refractivity contribution in [3.8, 4) is 11.6 Å². The van der Waals surface area contributed by atoms with Crippen molar-refractivity contribution in [2.24, 2.45) is 5.92 Å². The van der Waals surface area contributed by atoms with Crippen LogP contribution >= 0.6 is 0 Å². The fourth-order valence-corrected chi connectivity index (χ4v) is 3.04. The Kier molecular flexibility index (Phi) is 7.91. The van der Waals surface area contributed by atoms with Gasteiger partial charge in [0.2, 0.25) is 11.8 Å². The lowest BCUT2D eigenvalue weighted by molar-refractivity contribution is -0.124. The Balaban J connectivity index is 1.58. The van der Waals surface area contributed by atoms with Crippen LogP contribution in [0.3, 0.4) is 0 Å². The zero-order valence-electron chi connectivity index (χ0n) is 18.0. The number of nitrogens with zero attached hydrogens (tertiary/aromatic N) is 1. The summed E-state index contributed by atoms with van der Waals surface area (Å²) in [7, 11) is 0. The first-order chi connectivity index (χ1) is 15.5. The SMILES string of the molecule is CCC(C)C(NC(=O)c1ccccc1)C(=O)NCc1ccc(Oc2cccc(F)c2)nc1. The molecule has 2 aromatic carbocycles. The molecule has 7 heteroatoms. The Morgan fingerprint density at radius 1 is 1.06 bits per heavy atom. The van der Waals surface area contributed by atoms with Gasteiger partial charge in [-0.2, -0.15) is 0 Å². The van der Waals surface area contributed by atoms with Crippen molar-refractivity contribution in [3.05, 3.63) is 89.9 Å². The largest absolute Gasteiger partial charge is 0.439 e. The van der Waals surface area contributed by atoms with E-state index >= 15 is 0 Å². The van der Waals surface area contributed by atoms with Gasteiger partial charge in [0.05, 0.1) is 0 Å². The number of amides is 2. The number of nitrogens with one attached hydrogen (secondary N) is 2. The van der Waals surface area contributed by atoms with Gasteiger partial charge in [-0.25, -0.2) is 9.37 Å². The maximum absolute atomic E-state index is 13.3. The van der Waals surface area contributed by atoms with Crippen molar-refractivity contribution in [2.75, 3.05) is 0 Å². The third kappa shape index (κ3) is 6.38. The molecule has 0 radical (unpaired) electrons. The zero-order valence-corrected chi connectivity index (χ0v) is 18.0. The van der Waals surface area contributed by atoms with Crippen molar-refractivity contribution in [2.45, 2.75) is 32.9 Å². The monoisotopic (exact) mass is 435 g/mol.